The fourth-order valence-electron chi connectivity index (χ4n) is 2.69. The van der Waals surface area contributed by atoms with E-state index in [1.54, 1.807) is 0 Å². The zero-order chi connectivity index (χ0) is 16.0. The van der Waals surface area contributed by atoms with Crippen molar-refractivity contribution in [1.82, 2.24) is 0 Å². The molecule has 0 radical (unpaired) electrons. The number of Topliss-reactive ketones (excluding diaryl/α,β-unsaturated/α-hetero) is 1. The maximum absolute atomic E-state index is 12.4. The van der Waals surface area contributed by atoms with Crippen molar-refractivity contribution in [1.29, 1.82) is 0 Å². The van der Waals surface area contributed by atoms with Crippen LogP contribution in [0.1, 0.15) is 33.6 Å². The van der Waals surface area contributed by atoms with Gasteiger partial charge >= 0.3 is 5.97 Å². The Kier molecular flexibility index (Phi) is 6.46. The van der Waals surface area contributed by atoms with Gasteiger partial charge in [0.25, 0.3) is 0 Å². The van der Waals surface area contributed by atoms with Crippen LogP contribution in [0.4, 0.5) is 0 Å². The third-order valence-corrected chi connectivity index (χ3v) is 3.77. The molecule has 0 aromatic rings. The van der Waals surface area contributed by atoms with Gasteiger partial charge in [0.15, 0.2) is 11.9 Å². The summed E-state index contributed by atoms with van der Waals surface area (Å²) < 4.78 is 15.9. The quantitative estimate of drug-likeness (QED) is 0.557. The molecule has 1 aliphatic rings. The van der Waals surface area contributed by atoms with E-state index in [4.69, 9.17) is 14.2 Å². The summed E-state index contributed by atoms with van der Waals surface area (Å²) in [6.07, 6.45) is 4.96. The van der Waals surface area contributed by atoms with Gasteiger partial charge in [-0.1, -0.05) is 19.1 Å². The number of esters is 1. The first-order valence-electron chi connectivity index (χ1n) is 7.12. The van der Waals surface area contributed by atoms with E-state index in [0.717, 1.165) is 12.8 Å². The van der Waals surface area contributed by atoms with Crippen LogP contribution in [0.25, 0.3) is 0 Å². The molecule has 0 amide bonds. The second kappa shape index (κ2) is 7.86. The predicted molar refractivity (Wildman–Crippen MR) is 78.3 cm³/mol. The van der Waals surface area contributed by atoms with E-state index >= 15 is 0 Å². The molecule has 0 aromatic carbocycles. The number of ether oxygens (including phenoxy) is 3. The zero-order valence-corrected chi connectivity index (χ0v) is 13.3. The Morgan fingerprint density at radius 3 is 2.43 bits per heavy atom. The van der Waals surface area contributed by atoms with E-state index in [2.05, 4.69) is 0 Å². The van der Waals surface area contributed by atoms with E-state index in [1.165, 1.54) is 21.1 Å². The maximum atomic E-state index is 12.4. The Labute approximate surface area is 125 Å². The van der Waals surface area contributed by atoms with E-state index in [0.29, 0.717) is 5.76 Å². The molecule has 0 heterocycles. The minimum Gasteiger partial charge on any atom is -0.493 e. The normalized spacial score (nSPS) is 26.1. The second-order valence-electron chi connectivity index (χ2n) is 5.09. The lowest BCUT2D eigenvalue weighted by Gasteiger charge is -2.36. The number of hydrogen-bond acceptors (Lipinski definition) is 5. The van der Waals surface area contributed by atoms with Crippen LogP contribution in [-0.2, 0) is 23.8 Å². The van der Waals surface area contributed by atoms with Gasteiger partial charge in [-0.25, -0.2) is 0 Å². The van der Waals surface area contributed by atoms with E-state index in [-0.39, 0.29) is 23.4 Å². The third-order valence-electron chi connectivity index (χ3n) is 3.77. The molecular formula is C16H24O5. The fraction of sp³-hybridized carbons (Fsp3) is 0.625. The summed E-state index contributed by atoms with van der Waals surface area (Å²) in [5.41, 5.74) is 0. The van der Waals surface area contributed by atoms with Crippen LogP contribution in [0.15, 0.2) is 23.7 Å². The molecule has 0 fully saturated rings. The van der Waals surface area contributed by atoms with Crippen molar-refractivity contribution >= 4 is 11.8 Å². The molecule has 5 heteroatoms. The van der Waals surface area contributed by atoms with Crippen LogP contribution in [0.3, 0.4) is 0 Å². The lowest BCUT2D eigenvalue weighted by atomic mass is 9.77. The van der Waals surface area contributed by atoms with Gasteiger partial charge in [-0.3, -0.25) is 9.59 Å². The number of carbonyl (C=O) groups is 2. The van der Waals surface area contributed by atoms with Crippen LogP contribution in [0.5, 0.6) is 0 Å². The Hall–Kier alpha value is -1.78. The molecule has 0 aromatic heterocycles. The first kappa shape index (κ1) is 17.3. The number of hydrogen-bond donors (Lipinski definition) is 0. The summed E-state index contributed by atoms with van der Waals surface area (Å²) in [4.78, 5) is 23.8. The molecule has 3 atom stereocenters. The predicted octanol–water partition coefficient (Wildman–Crippen LogP) is 2.61. The van der Waals surface area contributed by atoms with Crippen molar-refractivity contribution in [2.24, 2.45) is 11.8 Å². The molecule has 0 N–H and O–H groups in total. The zero-order valence-electron chi connectivity index (χ0n) is 13.3. The molecule has 1 aliphatic carbocycles. The van der Waals surface area contributed by atoms with E-state index in [1.807, 2.05) is 26.0 Å². The monoisotopic (exact) mass is 296 g/mol. The molecule has 3 unspecified atom stereocenters. The minimum atomic E-state index is -0.583. The largest absolute Gasteiger partial charge is 0.493 e. The highest BCUT2D eigenvalue weighted by Gasteiger charge is 2.44. The highest BCUT2D eigenvalue weighted by Crippen LogP contribution is 2.37. The van der Waals surface area contributed by atoms with Gasteiger partial charge in [0, 0.05) is 18.8 Å². The van der Waals surface area contributed by atoms with Crippen LogP contribution in [-0.4, -0.2) is 32.1 Å². The standard InChI is InChI=1S/C16H24O5/c1-6-7-8-9-12-10(2)13(18)15(19-4)16(20-5)14(12)21-11(3)17/h6-7,10,12,14H,8-9H2,1-5H3/b7-6-. The third kappa shape index (κ3) is 3.86. The SMILES string of the molecule is C/C=C\CCC1C(C)C(=O)C(OC)=C(OC)C1OC(C)=O. The molecule has 0 saturated carbocycles. The lowest BCUT2D eigenvalue weighted by Crippen LogP contribution is -2.42. The van der Waals surface area contributed by atoms with E-state index in [9.17, 15) is 9.59 Å². The fourth-order valence-corrected chi connectivity index (χ4v) is 2.69. The van der Waals surface area contributed by atoms with Gasteiger partial charge in [-0.05, 0) is 19.8 Å². The first-order valence-corrected chi connectivity index (χ1v) is 7.12. The number of ketones is 1. The van der Waals surface area contributed by atoms with Gasteiger partial charge in [-0.15, -0.1) is 0 Å². The summed E-state index contributed by atoms with van der Waals surface area (Å²) in [5, 5.41) is 0. The van der Waals surface area contributed by atoms with Crippen LogP contribution >= 0.6 is 0 Å². The first-order chi connectivity index (χ1) is 9.97. The van der Waals surface area contributed by atoms with Crippen LogP contribution < -0.4 is 0 Å². The highest BCUT2D eigenvalue weighted by molar-refractivity contribution is 5.97. The Morgan fingerprint density at radius 1 is 1.29 bits per heavy atom. The number of rotatable bonds is 6. The van der Waals surface area contributed by atoms with Crippen molar-refractivity contribution in [3.8, 4) is 0 Å². The molecule has 118 valence electrons. The number of allylic oxidation sites excluding steroid dienone is 3. The second-order valence-corrected chi connectivity index (χ2v) is 5.09. The molecule has 5 nitrogen and oxygen atoms in total. The van der Waals surface area contributed by atoms with Gasteiger partial charge in [-0.2, -0.15) is 0 Å². The molecule has 0 spiro atoms. The molecule has 0 bridgehead atoms. The Bertz CT molecular complexity index is 450. The van der Waals surface area contributed by atoms with Gasteiger partial charge in [0.1, 0.15) is 0 Å². The maximum Gasteiger partial charge on any atom is 0.303 e. The molecular weight excluding hydrogens is 272 g/mol. The molecule has 0 aliphatic heterocycles. The average molecular weight is 296 g/mol. The van der Waals surface area contributed by atoms with Crippen molar-refractivity contribution < 1.29 is 23.8 Å². The van der Waals surface area contributed by atoms with E-state index < -0.39 is 12.1 Å². The van der Waals surface area contributed by atoms with Crippen LogP contribution in [0, 0.1) is 11.8 Å². The number of carbonyl (C=O) groups excluding carboxylic acids is 2. The summed E-state index contributed by atoms with van der Waals surface area (Å²) in [5.74, 6) is -0.453. The smallest absolute Gasteiger partial charge is 0.303 e. The molecule has 0 saturated heterocycles. The van der Waals surface area contributed by atoms with Crippen molar-refractivity contribution in [2.45, 2.75) is 39.7 Å². The Morgan fingerprint density at radius 2 is 1.95 bits per heavy atom. The lowest BCUT2D eigenvalue weighted by molar-refractivity contribution is -0.154. The van der Waals surface area contributed by atoms with Gasteiger partial charge < -0.3 is 14.2 Å². The van der Waals surface area contributed by atoms with Crippen molar-refractivity contribution in [2.75, 3.05) is 14.2 Å². The summed E-state index contributed by atoms with van der Waals surface area (Å²) in [6, 6.07) is 0. The molecule has 21 heavy (non-hydrogen) atoms. The van der Waals surface area contributed by atoms with Crippen LogP contribution in [0.2, 0.25) is 0 Å². The highest BCUT2D eigenvalue weighted by atomic mass is 16.6. The average Bonchev–Trinajstić information content (AvgIpc) is 2.45. The molecule has 1 rings (SSSR count). The van der Waals surface area contributed by atoms with Gasteiger partial charge in [0.05, 0.1) is 14.2 Å². The summed E-state index contributed by atoms with van der Waals surface area (Å²) in [7, 11) is 2.88. The summed E-state index contributed by atoms with van der Waals surface area (Å²) >= 11 is 0. The number of methoxy groups -OCH3 is 2. The van der Waals surface area contributed by atoms with Crippen molar-refractivity contribution in [3.63, 3.8) is 0 Å². The topological polar surface area (TPSA) is 61.8 Å². The minimum absolute atomic E-state index is 0.108. The van der Waals surface area contributed by atoms with Crippen molar-refractivity contribution in [3.05, 3.63) is 23.7 Å². The summed E-state index contributed by atoms with van der Waals surface area (Å²) in [6.45, 7) is 5.14. The van der Waals surface area contributed by atoms with Gasteiger partial charge in [0.2, 0.25) is 11.5 Å². The Balaban J connectivity index is 3.17.